The number of para-hydroxylation sites is 1. The summed E-state index contributed by atoms with van der Waals surface area (Å²) in [5.74, 6) is 0.0255. The van der Waals surface area contributed by atoms with E-state index in [2.05, 4.69) is 4.74 Å². The van der Waals surface area contributed by atoms with E-state index in [0.29, 0.717) is 12.0 Å². The Bertz CT molecular complexity index is 505. The maximum Gasteiger partial charge on any atom is 0.387 e. The van der Waals surface area contributed by atoms with Crippen molar-refractivity contribution in [1.82, 2.24) is 4.31 Å². The number of alkyl halides is 2. The van der Waals surface area contributed by atoms with Gasteiger partial charge in [-0.25, -0.2) is 12.7 Å². The van der Waals surface area contributed by atoms with Crippen molar-refractivity contribution in [2.24, 2.45) is 0 Å². The maximum absolute atomic E-state index is 12.2. The van der Waals surface area contributed by atoms with E-state index in [1.165, 1.54) is 13.1 Å². The summed E-state index contributed by atoms with van der Waals surface area (Å²) in [4.78, 5) is 0. The molecule has 19 heavy (non-hydrogen) atoms. The lowest BCUT2D eigenvalue weighted by Crippen LogP contribution is -2.28. The summed E-state index contributed by atoms with van der Waals surface area (Å²) in [6, 6.07) is 6.16. The van der Waals surface area contributed by atoms with Gasteiger partial charge in [-0.05, 0) is 12.5 Å². The Morgan fingerprint density at radius 1 is 1.32 bits per heavy atom. The largest absolute Gasteiger partial charge is 0.434 e. The van der Waals surface area contributed by atoms with Gasteiger partial charge in [0.25, 0.3) is 0 Å². The first-order valence-electron chi connectivity index (χ1n) is 5.83. The molecule has 0 unspecified atom stereocenters. The number of nitrogens with zero attached hydrogens (tertiary/aromatic N) is 1. The Hall–Kier alpha value is -1.21. The van der Waals surface area contributed by atoms with Gasteiger partial charge < -0.3 is 4.74 Å². The van der Waals surface area contributed by atoms with Gasteiger partial charge in [-0.2, -0.15) is 8.78 Å². The van der Waals surface area contributed by atoms with Gasteiger partial charge in [0.2, 0.25) is 10.0 Å². The lowest BCUT2D eigenvalue weighted by molar-refractivity contribution is -0.0505. The number of hydrogen-bond donors (Lipinski definition) is 0. The lowest BCUT2D eigenvalue weighted by Gasteiger charge is -2.18. The van der Waals surface area contributed by atoms with Crippen LogP contribution in [0.4, 0.5) is 8.78 Å². The fourth-order valence-corrected chi connectivity index (χ4v) is 2.76. The molecule has 0 heterocycles. The van der Waals surface area contributed by atoms with Crippen LogP contribution in [0.2, 0.25) is 0 Å². The van der Waals surface area contributed by atoms with Crippen molar-refractivity contribution in [2.45, 2.75) is 26.5 Å². The van der Waals surface area contributed by atoms with E-state index in [4.69, 9.17) is 0 Å². The molecule has 1 aromatic rings. The standard InChI is InChI=1S/C12H17F2NO3S/c1-3-8-19(16,17)15(2)9-10-6-4-5-7-11(10)18-12(13)14/h4-7,12H,3,8-9H2,1-2H3. The fraction of sp³-hybridized carbons (Fsp3) is 0.500. The smallest absolute Gasteiger partial charge is 0.387 e. The molecule has 0 atom stereocenters. The first-order valence-corrected chi connectivity index (χ1v) is 7.44. The third-order valence-electron chi connectivity index (χ3n) is 2.52. The average Bonchev–Trinajstić information content (AvgIpc) is 2.30. The zero-order chi connectivity index (χ0) is 14.5. The molecule has 0 aliphatic heterocycles. The molecule has 0 aliphatic rings. The van der Waals surface area contributed by atoms with E-state index in [0.717, 1.165) is 4.31 Å². The molecule has 7 heteroatoms. The van der Waals surface area contributed by atoms with E-state index >= 15 is 0 Å². The quantitative estimate of drug-likeness (QED) is 0.776. The van der Waals surface area contributed by atoms with Crippen molar-refractivity contribution < 1.29 is 21.9 Å². The van der Waals surface area contributed by atoms with E-state index < -0.39 is 16.6 Å². The first kappa shape index (κ1) is 15.8. The van der Waals surface area contributed by atoms with Gasteiger partial charge in [-0.3, -0.25) is 0 Å². The van der Waals surface area contributed by atoms with Gasteiger partial charge in [0, 0.05) is 19.2 Å². The highest BCUT2D eigenvalue weighted by Crippen LogP contribution is 2.22. The van der Waals surface area contributed by atoms with Crippen LogP contribution < -0.4 is 4.74 Å². The SMILES string of the molecule is CCCS(=O)(=O)N(C)Cc1ccccc1OC(F)F. The molecule has 0 amide bonds. The van der Waals surface area contributed by atoms with Gasteiger partial charge in [-0.1, -0.05) is 25.1 Å². The monoisotopic (exact) mass is 293 g/mol. The van der Waals surface area contributed by atoms with E-state index in [1.54, 1.807) is 25.1 Å². The summed E-state index contributed by atoms with van der Waals surface area (Å²) >= 11 is 0. The topological polar surface area (TPSA) is 46.6 Å². The third kappa shape index (κ3) is 4.76. The summed E-state index contributed by atoms with van der Waals surface area (Å²) in [5, 5.41) is 0. The van der Waals surface area contributed by atoms with Gasteiger partial charge in [0.1, 0.15) is 5.75 Å². The van der Waals surface area contributed by atoms with Crippen molar-refractivity contribution in [1.29, 1.82) is 0 Å². The molecule has 0 bridgehead atoms. The molecule has 108 valence electrons. The molecule has 0 aromatic heterocycles. The molecule has 0 radical (unpaired) electrons. The highest BCUT2D eigenvalue weighted by atomic mass is 32.2. The Kier molecular flexibility index (Phi) is 5.68. The third-order valence-corrected chi connectivity index (χ3v) is 4.52. The minimum absolute atomic E-state index is 0.00366. The van der Waals surface area contributed by atoms with Crippen LogP contribution >= 0.6 is 0 Å². The molecule has 4 nitrogen and oxygen atoms in total. The summed E-state index contributed by atoms with van der Waals surface area (Å²) < 4.78 is 53.6. The molecule has 0 saturated carbocycles. The molecule has 0 N–H and O–H groups in total. The van der Waals surface area contributed by atoms with E-state index in [-0.39, 0.29) is 18.0 Å². The van der Waals surface area contributed by atoms with Crippen LogP contribution in [0.3, 0.4) is 0 Å². The Labute approximate surface area is 112 Å². The Morgan fingerprint density at radius 3 is 2.53 bits per heavy atom. The Balaban J connectivity index is 2.87. The van der Waals surface area contributed by atoms with Gasteiger partial charge in [-0.15, -0.1) is 0 Å². The van der Waals surface area contributed by atoms with Gasteiger partial charge >= 0.3 is 6.61 Å². The van der Waals surface area contributed by atoms with Crippen molar-refractivity contribution in [3.05, 3.63) is 29.8 Å². The van der Waals surface area contributed by atoms with Gasteiger partial charge in [0.05, 0.1) is 5.75 Å². The van der Waals surface area contributed by atoms with Crippen LogP contribution in [-0.4, -0.2) is 32.1 Å². The molecule has 0 saturated heterocycles. The van der Waals surface area contributed by atoms with Crippen molar-refractivity contribution in [2.75, 3.05) is 12.8 Å². The number of sulfonamides is 1. The second-order valence-corrected chi connectivity index (χ2v) is 6.25. The van der Waals surface area contributed by atoms with Crippen LogP contribution in [0.15, 0.2) is 24.3 Å². The molecule has 0 fully saturated rings. The number of hydrogen-bond acceptors (Lipinski definition) is 3. The second kappa shape index (κ2) is 6.81. The summed E-state index contributed by atoms with van der Waals surface area (Å²) in [6.45, 7) is -1.16. The first-order chi connectivity index (χ1) is 8.86. The molecule has 0 aliphatic carbocycles. The number of benzene rings is 1. The normalized spacial score (nSPS) is 12.1. The van der Waals surface area contributed by atoms with Crippen molar-refractivity contribution >= 4 is 10.0 Å². The minimum atomic E-state index is -3.36. The maximum atomic E-state index is 12.2. The predicted octanol–water partition coefficient (Wildman–Crippen LogP) is 2.46. The van der Waals surface area contributed by atoms with Crippen molar-refractivity contribution in [3.8, 4) is 5.75 Å². The number of ether oxygens (including phenoxy) is 1. The predicted molar refractivity (Wildman–Crippen MR) is 68.6 cm³/mol. The summed E-state index contributed by atoms with van der Waals surface area (Å²) in [6.07, 6.45) is 0.502. The van der Waals surface area contributed by atoms with Crippen LogP contribution in [0.1, 0.15) is 18.9 Å². The average molecular weight is 293 g/mol. The lowest BCUT2D eigenvalue weighted by atomic mass is 10.2. The second-order valence-electron chi connectivity index (χ2n) is 4.06. The molecular weight excluding hydrogens is 276 g/mol. The van der Waals surface area contributed by atoms with Crippen LogP contribution in [-0.2, 0) is 16.6 Å². The van der Waals surface area contributed by atoms with Gasteiger partial charge in [0.15, 0.2) is 0 Å². The Morgan fingerprint density at radius 2 is 1.95 bits per heavy atom. The minimum Gasteiger partial charge on any atom is -0.434 e. The van der Waals surface area contributed by atoms with Crippen LogP contribution in [0, 0.1) is 0 Å². The van der Waals surface area contributed by atoms with Crippen molar-refractivity contribution in [3.63, 3.8) is 0 Å². The molecule has 0 spiro atoms. The zero-order valence-electron chi connectivity index (χ0n) is 10.8. The highest BCUT2D eigenvalue weighted by molar-refractivity contribution is 7.89. The summed E-state index contributed by atoms with van der Waals surface area (Å²) in [5.41, 5.74) is 0.407. The molecule has 1 rings (SSSR count). The van der Waals surface area contributed by atoms with Crippen LogP contribution in [0.5, 0.6) is 5.75 Å². The number of halogens is 2. The molecule has 1 aromatic carbocycles. The fourth-order valence-electron chi connectivity index (χ4n) is 1.60. The molecular formula is C12H17F2NO3S. The zero-order valence-corrected chi connectivity index (χ0v) is 11.7. The highest BCUT2D eigenvalue weighted by Gasteiger charge is 2.19. The van der Waals surface area contributed by atoms with Crippen LogP contribution in [0.25, 0.3) is 0 Å². The number of rotatable bonds is 7. The van der Waals surface area contributed by atoms with E-state index in [9.17, 15) is 17.2 Å². The van der Waals surface area contributed by atoms with E-state index in [1.807, 2.05) is 0 Å². The summed E-state index contributed by atoms with van der Waals surface area (Å²) in [7, 11) is -1.94.